The first-order chi connectivity index (χ1) is 11.5. The number of aromatic nitrogens is 3. The minimum Gasteiger partial charge on any atom is -0.365 e. The second-order valence-corrected chi connectivity index (χ2v) is 6.40. The van der Waals surface area contributed by atoms with Crippen LogP contribution in [0.5, 0.6) is 0 Å². The Kier molecular flexibility index (Phi) is 4.48. The van der Waals surface area contributed by atoms with E-state index in [0.717, 1.165) is 12.8 Å². The molecule has 24 heavy (non-hydrogen) atoms. The smallest absolute Gasteiger partial charge is 0.272 e. The summed E-state index contributed by atoms with van der Waals surface area (Å²) in [4.78, 5) is 30.3. The van der Waals surface area contributed by atoms with Crippen molar-refractivity contribution < 1.29 is 9.59 Å². The maximum Gasteiger partial charge on any atom is 0.272 e. The van der Waals surface area contributed by atoms with Crippen molar-refractivity contribution in [3.63, 3.8) is 0 Å². The summed E-state index contributed by atoms with van der Waals surface area (Å²) in [5, 5.41) is 7.60. The number of nitrogens with zero attached hydrogens (tertiary/aromatic N) is 4. The van der Waals surface area contributed by atoms with Gasteiger partial charge in [0.15, 0.2) is 5.65 Å². The third kappa shape index (κ3) is 3.09. The Morgan fingerprint density at radius 3 is 2.92 bits per heavy atom. The van der Waals surface area contributed by atoms with Crippen LogP contribution in [0.2, 0.25) is 0 Å². The predicted molar refractivity (Wildman–Crippen MR) is 88.7 cm³/mol. The molecule has 0 radical (unpaired) electrons. The maximum atomic E-state index is 12.9. The zero-order valence-corrected chi connectivity index (χ0v) is 13.9. The van der Waals surface area contributed by atoms with E-state index in [2.05, 4.69) is 29.2 Å². The predicted octanol–water partition coefficient (Wildman–Crippen LogP) is 0.431. The molecular formula is C16H22N6O2. The Labute approximate surface area is 140 Å². The fourth-order valence-electron chi connectivity index (χ4n) is 3.16. The highest BCUT2D eigenvalue weighted by Crippen LogP contribution is 2.16. The third-order valence-corrected chi connectivity index (χ3v) is 4.16. The van der Waals surface area contributed by atoms with Gasteiger partial charge in [-0.25, -0.2) is 9.50 Å². The van der Waals surface area contributed by atoms with Gasteiger partial charge in [0.2, 0.25) is 0 Å². The zero-order valence-electron chi connectivity index (χ0n) is 13.9. The molecule has 3 N–H and O–H groups in total. The number of amides is 2. The van der Waals surface area contributed by atoms with E-state index in [-0.39, 0.29) is 11.5 Å². The van der Waals surface area contributed by atoms with Gasteiger partial charge in [-0.15, -0.1) is 0 Å². The second kappa shape index (κ2) is 6.56. The van der Waals surface area contributed by atoms with Crippen LogP contribution in [0.1, 0.15) is 47.5 Å². The monoisotopic (exact) mass is 330 g/mol. The number of nitrogens with one attached hydrogen (secondary N) is 1. The minimum atomic E-state index is -0.610. The lowest BCUT2D eigenvalue weighted by Crippen LogP contribution is -2.50. The largest absolute Gasteiger partial charge is 0.365 e. The molecule has 1 aliphatic rings. The quantitative estimate of drug-likeness (QED) is 0.846. The van der Waals surface area contributed by atoms with Gasteiger partial charge in [-0.3, -0.25) is 9.59 Å². The van der Waals surface area contributed by atoms with Crippen molar-refractivity contribution >= 4 is 17.5 Å². The Hall–Kier alpha value is -2.48. The molecule has 0 spiro atoms. The Balaban J connectivity index is 1.87. The number of primary amides is 1. The summed E-state index contributed by atoms with van der Waals surface area (Å²) >= 11 is 0. The average Bonchev–Trinajstić information content (AvgIpc) is 2.98. The molecule has 2 aromatic heterocycles. The van der Waals surface area contributed by atoms with Crippen LogP contribution in [0.25, 0.3) is 5.65 Å². The number of nitrogens with two attached hydrogens (primary N) is 1. The van der Waals surface area contributed by atoms with Gasteiger partial charge in [-0.05, 0) is 18.9 Å². The van der Waals surface area contributed by atoms with Crippen LogP contribution in [0.4, 0.5) is 0 Å². The molecule has 128 valence electrons. The maximum absolute atomic E-state index is 12.9. The number of likely N-dealkylation sites (tertiary alicyclic amines) is 1. The molecule has 2 amide bonds. The highest BCUT2D eigenvalue weighted by atomic mass is 16.2. The molecule has 1 atom stereocenters. The molecule has 0 aromatic carbocycles. The lowest BCUT2D eigenvalue weighted by Gasteiger charge is -2.34. The highest BCUT2D eigenvalue weighted by molar-refractivity contribution is 5.99. The Morgan fingerprint density at radius 1 is 1.42 bits per heavy atom. The molecule has 3 heterocycles. The van der Waals surface area contributed by atoms with E-state index in [1.54, 1.807) is 6.07 Å². The summed E-state index contributed by atoms with van der Waals surface area (Å²) in [6, 6.07) is 2.29. The lowest BCUT2D eigenvalue weighted by molar-refractivity contribution is 0.0682. The Morgan fingerprint density at radius 2 is 2.21 bits per heavy atom. The molecule has 2 aromatic rings. The molecule has 8 nitrogen and oxygen atoms in total. The fraction of sp³-hybridized carbons (Fsp3) is 0.500. The number of hydrogen-bond donors (Lipinski definition) is 2. The van der Waals surface area contributed by atoms with Crippen molar-refractivity contribution in [3.8, 4) is 0 Å². The molecule has 1 saturated heterocycles. The number of rotatable bonds is 4. The summed E-state index contributed by atoms with van der Waals surface area (Å²) in [5.41, 5.74) is 6.23. The molecule has 3 rings (SSSR count). The summed E-state index contributed by atoms with van der Waals surface area (Å²) in [6.45, 7) is 5.57. The lowest BCUT2D eigenvalue weighted by atomic mass is 10.0. The number of piperidine rings is 1. The molecule has 0 saturated carbocycles. The van der Waals surface area contributed by atoms with Crippen LogP contribution in [-0.2, 0) is 0 Å². The third-order valence-electron chi connectivity index (χ3n) is 4.16. The van der Waals surface area contributed by atoms with Gasteiger partial charge in [0, 0.05) is 31.4 Å². The summed E-state index contributed by atoms with van der Waals surface area (Å²) < 4.78 is 1.39. The highest BCUT2D eigenvalue weighted by Gasteiger charge is 2.27. The van der Waals surface area contributed by atoms with Gasteiger partial charge in [0.1, 0.15) is 11.3 Å². The van der Waals surface area contributed by atoms with Crippen LogP contribution in [0, 0.1) is 0 Å². The standard InChI is InChI=1S/C16H22N6O2/c1-10(2)20-11-4-3-7-21(9-11)16(24)13-5-6-18-15-12(14(17)23)8-19-22(13)15/h5-6,8,10-11,20H,3-4,7,9H2,1-2H3,(H2,17,23). The topological polar surface area (TPSA) is 106 Å². The van der Waals surface area contributed by atoms with E-state index in [1.165, 1.54) is 16.9 Å². The van der Waals surface area contributed by atoms with Gasteiger partial charge in [0.05, 0.1) is 6.20 Å². The average molecular weight is 330 g/mol. The number of fused-ring (bicyclic) bond motifs is 1. The molecule has 1 aliphatic heterocycles. The fourth-order valence-corrected chi connectivity index (χ4v) is 3.16. The second-order valence-electron chi connectivity index (χ2n) is 6.40. The van der Waals surface area contributed by atoms with Crippen molar-refractivity contribution in [1.82, 2.24) is 24.8 Å². The SMILES string of the molecule is CC(C)NC1CCCN(C(=O)c2ccnc3c(C(N)=O)cnn23)C1. The zero-order chi connectivity index (χ0) is 17.3. The van der Waals surface area contributed by atoms with Crippen LogP contribution < -0.4 is 11.1 Å². The van der Waals surface area contributed by atoms with Crippen molar-refractivity contribution in [2.75, 3.05) is 13.1 Å². The normalized spacial score (nSPS) is 18.3. The van der Waals surface area contributed by atoms with E-state index in [4.69, 9.17) is 5.73 Å². The van der Waals surface area contributed by atoms with E-state index >= 15 is 0 Å². The van der Waals surface area contributed by atoms with E-state index in [1.807, 2.05) is 4.90 Å². The van der Waals surface area contributed by atoms with Gasteiger partial charge in [-0.2, -0.15) is 5.10 Å². The van der Waals surface area contributed by atoms with E-state index < -0.39 is 5.91 Å². The van der Waals surface area contributed by atoms with Gasteiger partial charge >= 0.3 is 0 Å². The first kappa shape index (κ1) is 16.4. The molecule has 1 fully saturated rings. The molecule has 8 heteroatoms. The molecular weight excluding hydrogens is 308 g/mol. The first-order valence-corrected chi connectivity index (χ1v) is 8.15. The number of carbonyl (C=O) groups excluding carboxylic acids is 2. The summed E-state index contributed by atoms with van der Waals surface area (Å²) in [5.74, 6) is -0.724. The van der Waals surface area contributed by atoms with Crippen molar-refractivity contribution in [2.45, 2.75) is 38.8 Å². The van der Waals surface area contributed by atoms with Gasteiger partial charge < -0.3 is 16.0 Å². The van der Waals surface area contributed by atoms with Crippen molar-refractivity contribution in [1.29, 1.82) is 0 Å². The Bertz CT molecular complexity index is 769. The van der Waals surface area contributed by atoms with Crippen molar-refractivity contribution in [2.24, 2.45) is 5.73 Å². The molecule has 0 bridgehead atoms. The van der Waals surface area contributed by atoms with Gasteiger partial charge in [-0.1, -0.05) is 13.8 Å². The molecule has 0 aliphatic carbocycles. The summed E-state index contributed by atoms with van der Waals surface area (Å²) in [7, 11) is 0. The van der Waals surface area contributed by atoms with E-state index in [9.17, 15) is 9.59 Å². The van der Waals surface area contributed by atoms with Crippen LogP contribution >= 0.6 is 0 Å². The van der Waals surface area contributed by atoms with Crippen LogP contribution in [-0.4, -0.2) is 56.5 Å². The first-order valence-electron chi connectivity index (χ1n) is 8.15. The molecule has 1 unspecified atom stereocenters. The summed E-state index contributed by atoms with van der Waals surface area (Å²) in [6.07, 6.45) is 4.86. The van der Waals surface area contributed by atoms with Crippen LogP contribution in [0.3, 0.4) is 0 Å². The number of hydrogen-bond acceptors (Lipinski definition) is 5. The van der Waals surface area contributed by atoms with E-state index in [0.29, 0.717) is 36.5 Å². The van der Waals surface area contributed by atoms with Crippen LogP contribution in [0.15, 0.2) is 18.5 Å². The number of carbonyl (C=O) groups is 2. The minimum absolute atomic E-state index is 0.114. The van der Waals surface area contributed by atoms with Gasteiger partial charge in [0.25, 0.3) is 11.8 Å². The van der Waals surface area contributed by atoms with Crippen molar-refractivity contribution in [3.05, 3.63) is 29.7 Å².